The first-order valence-electron chi connectivity index (χ1n) is 3.89. The molecule has 0 aliphatic carbocycles. The summed E-state index contributed by atoms with van der Waals surface area (Å²) in [6, 6.07) is 4.14. The van der Waals surface area contributed by atoms with E-state index in [-0.39, 0.29) is 10.6 Å². The second-order valence-electron chi connectivity index (χ2n) is 2.46. The van der Waals surface area contributed by atoms with E-state index in [1.165, 1.54) is 18.2 Å². The van der Waals surface area contributed by atoms with Gasteiger partial charge in [-0.25, -0.2) is 4.39 Å². The van der Waals surface area contributed by atoms with Gasteiger partial charge in [0.05, 0.1) is 10.6 Å². The fourth-order valence-electron chi connectivity index (χ4n) is 0.964. The fraction of sp³-hybridized carbons (Fsp3) is 0.222. The lowest BCUT2D eigenvalue weighted by atomic mass is 10.2. The van der Waals surface area contributed by atoms with Crippen LogP contribution >= 0.6 is 11.6 Å². The summed E-state index contributed by atoms with van der Waals surface area (Å²) in [5.74, 6) is -1.08. The molecule has 0 spiro atoms. The van der Waals surface area contributed by atoms with E-state index in [9.17, 15) is 9.18 Å². The molecule has 0 fully saturated rings. The lowest BCUT2D eigenvalue weighted by molar-refractivity contribution is 0.0952. The summed E-state index contributed by atoms with van der Waals surface area (Å²) in [6.45, 7) is 2.20. The zero-order valence-electron chi connectivity index (χ0n) is 7.10. The number of halogens is 2. The molecule has 0 aromatic heterocycles. The molecule has 0 saturated heterocycles. The Kier molecular flexibility index (Phi) is 3.25. The smallest absolute Gasteiger partial charge is 0.255 e. The molecule has 0 unspecified atom stereocenters. The molecular formula is C9H9ClFNO. The highest BCUT2D eigenvalue weighted by Crippen LogP contribution is 2.18. The van der Waals surface area contributed by atoms with Crippen molar-refractivity contribution in [3.8, 4) is 0 Å². The molecule has 0 bridgehead atoms. The standard InChI is InChI=1S/C9H9ClFNO/c1-2-12-9(13)8-6(10)4-3-5-7(8)11/h3-5H,2H2,1H3,(H,12,13). The zero-order chi connectivity index (χ0) is 9.84. The van der Waals surface area contributed by atoms with E-state index in [1.54, 1.807) is 6.92 Å². The average molecular weight is 202 g/mol. The maximum Gasteiger partial charge on any atom is 0.255 e. The van der Waals surface area contributed by atoms with Gasteiger partial charge in [-0.05, 0) is 19.1 Å². The number of carbonyl (C=O) groups is 1. The van der Waals surface area contributed by atoms with Crippen molar-refractivity contribution in [2.45, 2.75) is 6.92 Å². The molecule has 0 aliphatic rings. The number of rotatable bonds is 2. The molecule has 1 amide bonds. The zero-order valence-corrected chi connectivity index (χ0v) is 7.86. The summed E-state index contributed by atoms with van der Waals surface area (Å²) in [5.41, 5.74) is -0.0917. The second kappa shape index (κ2) is 4.23. The van der Waals surface area contributed by atoms with E-state index >= 15 is 0 Å². The second-order valence-corrected chi connectivity index (χ2v) is 2.86. The van der Waals surface area contributed by atoms with E-state index in [0.717, 1.165) is 0 Å². The minimum Gasteiger partial charge on any atom is -0.352 e. The maximum atomic E-state index is 13.1. The van der Waals surface area contributed by atoms with Gasteiger partial charge in [0.15, 0.2) is 0 Å². The summed E-state index contributed by atoms with van der Waals surface area (Å²) < 4.78 is 13.1. The predicted octanol–water partition coefficient (Wildman–Crippen LogP) is 2.23. The van der Waals surface area contributed by atoms with Gasteiger partial charge in [-0.1, -0.05) is 17.7 Å². The van der Waals surface area contributed by atoms with Crippen LogP contribution in [0.3, 0.4) is 0 Å². The minimum absolute atomic E-state index is 0.0917. The lowest BCUT2D eigenvalue weighted by Crippen LogP contribution is -2.24. The van der Waals surface area contributed by atoms with E-state index in [0.29, 0.717) is 6.54 Å². The third kappa shape index (κ3) is 2.18. The summed E-state index contributed by atoms with van der Waals surface area (Å²) in [4.78, 5) is 11.3. The third-order valence-electron chi connectivity index (χ3n) is 1.53. The Hall–Kier alpha value is -1.09. The van der Waals surface area contributed by atoms with Gasteiger partial charge in [0.1, 0.15) is 5.82 Å². The van der Waals surface area contributed by atoms with Crippen LogP contribution in [0.4, 0.5) is 4.39 Å². The van der Waals surface area contributed by atoms with Gasteiger partial charge >= 0.3 is 0 Å². The molecule has 0 atom stereocenters. The summed E-state index contributed by atoms with van der Waals surface area (Å²) in [6.07, 6.45) is 0. The largest absolute Gasteiger partial charge is 0.352 e. The molecule has 1 aromatic rings. The van der Waals surface area contributed by atoms with Crippen molar-refractivity contribution in [2.75, 3.05) is 6.54 Å². The van der Waals surface area contributed by atoms with Crippen LogP contribution in [-0.2, 0) is 0 Å². The SMILES string of the molecule is CCNC(=O)c1c(F)cccc1Cl. The van der Waals surface area contributed by atoms with Gasteiger partial charge in [-0.3, -0.25) is 4.79 Å². The number of nitrogens with one attached hydrogen (secondary N) is 1. The summed E-state index contributed by atoms with van der Waals surface area (Å²) in [5, 5.41) is 2.61. The van der Waals surface area contributed by atoms with Crippen LogP contribution in [0.1, 0.15) is 17.3 Å². The van der Waals surface area contributed by atoms with Crippen LogP contribution in [0.2, 0.25) is 5.02 Å². The van der Waals surface area contributed by atoms with Crippen LogP contribution in [0, 0.1) is 5.82 Å². The van der Waals surface area contributed by atoms with Crippen LogP contribution in [0.5, 0.6) is 0 Å². The van der Waals surface area contributed by atoms with Gasteiger partial charge in [-0.15, -0.1) is 0 Å². The van der Waals surface area contributed by atoms with E-state index < -0.39 is 11.7 Å². The van der Waals surface area contributed by atoms with E-state index in [1.807, 2.05) is 0 Å². The molecule has 70 valence electrons. The predicted molar refractivity (Wildman–Crippen MR) is 49.4 cm³/mol. The molecule has 2 nitrogen and oxygen atoms in total. The Labute approximate surface area is 80.7 Å². The van der Waals surface area contributed by atoms with E-state index in [2.05, 4.69) is 5.32 Å². The van der Waals surface area contributed by atoms with Crippen molar-refractivity contribution in [1.82, 2.24) is 5.32 Å². The summed E-state index contributed by atoms with van der Waals surface area (Å²) in [7, 11) is 0. The highest BCUT2D eigenvalue weighted by atomic mass is 35.5. The average Bonchev–Trinajstić information content (AvgIpc) is 2.04. The number of benzene rings is 1. The quantitative estimate of drug-likeness (QED) is 0.781. The Morgan fingerprint density at radius 1 is 1.62 bits per heavy atom. The number of carbonyl (C=O) groups excluding carboxylic acids is 1. The molecule has 0 radical (unpaired) electrons. The monoisotopic (exact) mass is 201 g/mol. The van der Waals surface area contributed by atoms with Gasteiger partial charge in [0.25, 0.3) is 5.91 Å². The molecular weight excluding hydrogens is 193 g/mol. The van der Waals surface area contributed by atoms with Crippen LogP contribution < -0.4 is 5.32 Å². The molecule has 1 aromatic carbocycles. The molecule has 0 heterocycles. The topological polar surface area (TPSA) is 29.1 Å². The fourth-order valence-corrected chi connectivity index (χ4v) is 1.21. The third-order valence-corrected chi connectivity index (χ3v) is 1.84. The van der Waals surface area contributed by atoms with Crippen molar-refractivity contribution < 1.29 is 9.18 Å². The number of amides is 1. The Morgan fingerprint density at radius 3 is 2.85 bits per heavy atom. The van der Waals surface area contributed by atoms with Crippen LogP contribution in [0.15, 0.2) is 18.2 Å². The highest BCUT2D eigenvalue weighted by molar-refractivity contribution is 6.33. The van der Waals surface area contributed by atoms with Crippen molar-refractivity contribution in [1.29, 1.82) is 0 Å². The maximum absolute atomic E-state index is 13.1. The molecule has 0 aliphatic heterocycles. The Morgan fingerprint density at radius 2 is 2.31 bits per heavy atom. The van der Waals surface area contributed by atoms with Crippen molar-refractivity contribution in [2.24, 2.45) is 0 Å². The Bertz CT molecular complexity index is 307. The van der Waals surface area contributed by atoms with Crippen molar-refractivity contribution >= 4 is 17.5 Å². The van der Waals surface area contributed by atoms with Gasteiger partial charge in [-0.2, -0.15) is 0 Å². The first kappa shape index (κ1) is 9.99. The molecule has 1 N–H and O–H groups in total. The highest BCUT2D eigenvalue weighted by Gasteiger charge is 2.13. The number of hydrogen-bond acceptors (Lipinski definition) is 1. The first-order valence-corrected chi connectivity index (χ1v) is 4.26. The normalized spacial score (nSPS) is 9.77. The van der Waals surface area contributed by atoms with E-state index in [4.69, 9.17) is 11.6 Å². The summed E-state index contributed by atoms with van der Waals surface area (Å²) >= 11 is 5.66. The number of hydrogen-bond donors (Lipinski definition) is 1. The Balaban J connectivity index is 3.05. The molecule has 13 heavy (non-hydrogen) atoms. The van der Waals surface area contributed by atoms with Crippen LogP contribution in [-0.4, -0.2) is 12.5 Å². The van der Waals surface area contributed by atoms with Crippen molar-refractivity contribution in [3.05, 3.63) is 34.6 Å². The molecule has 0 saturated carbocycles. The van der Waals surface area contributed by atoms with Gasteiger partial charge in [0, 0.05) is 6.54 Å². The lowest BCUT2D eigenvalue weighted by Gasteiger charge is -2.04. The van der Waals surface area contributed by atoms with Crippen LogP contribution in [0.25, 0.3) is 0 Å². The minimum atomic E-state index is -0.599. The van der Waals surface area contributed by atoms with Gasteiger partial charge < -0.3 is 5.32 Å². The van der Waals surface area contributed by atoms with Gasteiger partial charge in [0.2, 0.25) is 0 Å². The molecule has 4 heteroatoms. The first-order chi connectivity index (χ1) is 6.16. The molecule has 1 rings (SSSR count). The van der Waals surface area contributed by atoms with Crippen molar-refractivity contribution in [3.63, 3.8) is 0 Å².